The Balaban J connectivity index is 0. The third-order valence-corrected chi connectivity index (χ3v) is 2.33. The molecule has 0 unspecified atom stereocenters. The van der Waals surface area contributed by atoms with E-state index in [1.165, 1.54) is 0 Å². The van der Waals surface area contributed by atoms with E-state index in [1.54, 1.807) is 6.08 Å². The molecule has 0 saturated heterocycles. The smallest absolute Gasteiger partial charge is 0.0270 e. The fraction of sp³-hybridized carbons (Fsp3) is 0.333. The van der Waals surface area contributed by atoms with E-state index in [4.69, 9.17) is 11.5 Å². The Kier molecular flexibility index (Phi) is 13.7. The molecule has 0 aromatic rings. The van der Waals surface area contributed by atoms with Crippen LogP contribution in [0.1, 0.15) is 41.0 Å². The Morgan fingerprint density at radius 1 is 0.900 bits per heavy atom. The van der Waals surface area contributed by atoms with Gasteiger partial charge in [0.15, 0.2) is 0 Å². The highest BCUT2D eigenvalue weighted by Crippen LogP contribution is 2.15. The van der Waals surface area contributed by atoms with Crippen molar-refractivity contribution in [2.45, 2.75) is 41.0 Å². The van der Waals surface area contributed by atoms with E-state index >= 15 is 0 Å². The zero-order valence-corrected chi connectivity index (χ0v) is 13.6. The summed E-state index contributed by atoms with van der Waals surface area (Å²) in [7, 11) is 0. The van der Waals surface area contributed by atoms with Crippen LogP contribution in [0.4, 0.5) is 0 Å². The minimum Gasteiger partial charge on any atom is -0.399 e. The van der Waals surface area contributed by atoms with Crippen molar-refractivity contribution >= 4 is 0 Å². The van der Waals surface area contributed by atoms with Crippen molar-refractivity contribution in [1.29, 1.82) is 0 Å². The van der Waals surface area contributed by atoms with Gasteiger partial charge in [0.25, 0.3) is 0 Å². The molecule has 0 aliphatic carbocycles. The van der Waals surface area contributed by atoms with Crippen molar-refractivity contribution in [3.63, 3.8) is 0 Å². The molecular formula is C18H30N2. The van der Waals surface area contributed by atoms with E-state index in [0.29, 0.717) is 5.70 Å². The highest BCUT2D eigenvalue weighted by molar-refractivity contribution is 5.48. The van der Waals surface area contributed by atoms with Crippen molar-refractivity contribution in [3.8, 4) is 0 Å². The predicted molar refractivity (Wildman–Crippen MR) is 93.0 cm³/mol. The van der Waals surface area contributed by atoms with Crippen LogP contribution in [0, 0.1) is 0 Å². The third-order valence-electron chi connectivity index (χ3n) is 2.33. The molecule has 0 spiro atoms. The third kappa shape index (κ3) is 10.0. The van der Waals surface area contributed by atoms with E-state index in [0.717, 1.165) is 23.3 Å². The number of rotatable bonds is 6. The molecule has 0 aromatic heterocycles. The molecule has 0 heterocycles. The van der Waals surface area contributed by atoms with Crippen molar-refractivity contribution in [3.05, 3.63) is 71.7 Å². The highest BCUT2D eigenvalue weighted by atomic mass is 14.5. The Labute approximate surface area is 124 Å². The maximum Gasteiger partial charge on any atom is 0.0270 e. The Bertz CT molecular complexity index is 419. The summed E-state index contributed by atoms with van der Waals surface area (Å²) < 4.78 is 0. The van der Waals surface area contributed by atoms with Gasteiger partial charge in [0.2, 0.25) is 0 Å². The van der Waals surface area contributed by atoms with Gasteiger partial charge in [-0.1, -0.05) is 57.7 Å². The predicted octanol–water partition coefficient (Wildman–Crippen LogP) is 4.74. The molecule has 0 aliphatic rings. The van der Waals surface area contributed by atoms with Crippen molar-refractivity contribution in [1.82, 2.24) is 0 Å². The van der Waals surface area contributed by atoms with Crippen LogP contribution in [0.25, 0.3) is 0 Å². The number of hydrogen-bond acceptors (Lipinski definition) is 2. The van der Waals surface area contributed by atoms with Gasteiger partial charge < -0.3 is 11.5 Å². The van der Waals surface area contributed by atoms with Crippen LogP contribution in [0.3, 0.4) is 0 Å². The minimum absolute atomic E-state index is 0.546. The van der Waals surface area contributed by atoms with E-state index in [2.05, 4.69) is 19.6 Å². The van der Waals surface area contributed by atoms with Gasteiger partial charge in [-0.15, -0.1) is 0 Å². The molecule has 0 aromatic carbocycles. The SMILES string of the molecule is C=C(N)\C=C/C(=C\CC)C(/C=C\C(N)=C/C)=C/C.CC. The molecule has 0 radical (unpaired) electrons. The van der Waals surface area contributed by atoms with Crippen LogP contribution < -0.4 is 11.5 Å². The zero-order valence-electron chi connectivity index (χ0n) is 13.6. The lowest BCUT2D eigenvalue weighted by molar-refractivity contribution is 1.20. The number of hydrogen-bond donors (Lipinski definition) is 2. The van der Waals surface area contributed by atoms with Gasteiger partial charge in [-0.05, 0) is 43.6 Å². The molecule has 0 amide bonds. The lowest BCUT2D eigenvalue weighted by Gasteiger charge is -2.04. The lowest BCUT2D eigenvalue weighted by Crippen LogP contribution is -1.93. The molecule has 0 atom stereocenters. The first-order valence-corrected chi connectivity index (χ1v) is 7.14. The summed E-state index contributed by atoms with van der Waals surface area (Å²) >= 11 is 0. The highest BCUT2D eigenvalue weighted by Gasteiger charge is 1.96. The zero-order chi connectivity index (χ0) is 16.0. The molecule has 2 heteroatoms. The molecule has 0 bridgehead atoms. The van der Waals surface area contributed by atoms with E-state index in [-0.39, 0.29) is 0 Å². The van der Waals surface area contributed by atoms with Gasteiger partial charge in [0.05, 0.1) is 0 Å². The summed E-state index contributed by atoms with van der Waals surface area (Å²) in [6.07, 6.45) is 14.7. The topological polar surface area (TPSA) is 52.0 Å². The second kappa shape index (κ2) is 13.5. The molecule has 4 N–H and O–H groups in total. The molecule has 0 aliphatic heterocycles. The normalized spacial score (nSPS) is 13.6. The quantitative estimate of drug-likeness (QED) is 0.687. The maximum atomic E-state index is 5.75. The van der Waals surface area contributed by atoms with Crippen LogP contribution in [0.15, 0.2) is 71.7 Å². The van der Waals surface area contributed by atoms with E-state index in [9.17, 15) is 0 Å². The van der Waals surface area contributed by atoms with Gasteiger partial charge in [0, 0.05) is 11.4 Å². The first kappa shape index (κ1) is 20.4. The number of nitrogens with two attached hydrogens (primary N) is 2. The molecule has 2 nitrogen and oxygen atoms in total. The van der Waals surface area contributed by atoms with Crippen molar-refractivity contribution < 1.29 is 0 Å². The van der Waals surface area contributed by atoms with Crippen LogP contribution >= 0.6 is 0 Å². The average Bonchev–Trinajstić information content (AvgIpc) is 2.46. The van der Waals surface area contributed by atoms with Crippen molar-refractivity contribution in [2.24, 2.45) is 11.5 Å². The van der Waals surface area contributed by atoms with Crippen molar-refractivity contribution in [2.75, 3.05) is 0 Å². The molecule has 0 rings (SSSR count). The maximum absolute atomic E-state index is 5.75. The lowest BCUT2D eigenvalue weighted by atomic mass is 10.0. The van der Waals surface area contributed by atoms with Crippen LogP contribution in [-0.4, -0.2) is 0 Å². The van der Waals surface area contributed by atoms with Crippen LogP contribution in [-0.2, 0) is 0 Å². The standard InChI is InChI=1S/C16H24N2.C2H6/c1-5-8-15(10-9-13(4)17)14(6-2)11-12-16(18)7-3;1-2/h6-12H,4-5,17-18H2,1-3H3;1-2H3/b10-9-,12-11-,14-6+,15-8+,16-7+;. The minimum atomic E-state index is 0.546. The van der Waals surface area contributed by atoms with E-state index in [1.807, 2.05) is 58.1 Å². The first-order valence-electron chi connectivity index (χ1n) is 7.14. The van der Waals surface area contributed by atoms with Gasteiger partial charge in [-0.25, -0.2) is 0 Å². The monoisotopic (exact) mass is 274 g/mol. The van der Waals surface area contributed by atoms with Crippen LogP contribution in [0.2, 0.25) is 0 Å². The summed E-state index contributed by atoms with van der Waals surface area (Å²) in [6, 6.07) is 0. The molecule has 0 saturated carbocycles. The molecule has 112 valence electrons. The fourth-order valence-electron chi connectivity index (χ4n) is 1.34. The van der Waals surface area contributed by atoms with Gasteiger partial charge in [0.1, 0.15) is 0 Å². The molecule has 0 fully saturated rings. The van der Waals surface area contributed by atoms with Gasteiger partial charge in [-0.2, -0.15) is 0 Å². The summed E-state index contributed by atoms with van der Waals surface area (Å²) in [6.45, 7) is 13.7. The summed E-state index contributed by atoms with van der Waals surface area (Å²) in [5, 5.41) is 0. The Hall–Kier alpha value is -1.96. The Morgan fingerprint density at radius 3 is 1.85 bits per heavy atom. The molecule has 20 heavy (non-hydrogen) atoms. The fourth-order valence-corrected chi connectivity index (χ4v) is 1.34. The van der Waals surface area contributed by atoms with E-state index < -0.39 is 0 Å². The Morgan fingerprint density at radius 2 is 1.45 bits per heavy atom. The second-order valence-corrected chi connectivity index (χ2v) is 3.84. The first-order chi connectivity index (χ1) is 9.54. The molecular weight excluding hydrogens is 244 g/mol. The van der Waals surface area contributed by atoms with Crippen LogP contribution in [0.5, 0.6) is 0 Å². The van der Waals surface area contributed by atoms with Gasteiger partial charge in [-0.3, -0.25) is 0 Å². The summed E-state index contributed by atoms with van der Waals surface area (Å²) in [5.74, 6) is 0. The largest absolute Gasteiger partial charge is 0.399 e. The second-order valence-electron chi connectivity index (χ2n) is 3.84. The average molecular weight is 274 g/mol. The summed E-state index contributed by atoms with van der Waals surface area (Å²) in [5.41, 5.74) is 14.8. The van der Waals surface area contributed by atoms with Gasteiger partial charge >= 0.3 is 0 Å². The number of allylic oxidation sites excluding steroid dienone is 9. The summed E-state index contributed by atoms with van der Waals surface area (Å²) in [4.78, 5) is 0.